The van der Waals surface area contributed by atoms with E-state index in [0.717, 1.165) is 19.2 Å². The molecule has 1 fully saturated rings. The third-order valence-electron chi connectivity index (χ3n) is 4.81. The van der Waals surface area contributed by atoms with Crippen molar-refractivity contribution >= 4 is 23.3 Å². The van der Waals surface area contributed by atoms with Crippen molar-refractivity contribution in [3.05, 3.63) is 33.9 Å². The molecule has 0 aliphatic carbocycles. The maximum absolute atomic E-state index is 12.3. The molecule has 1 aromatic rings. The number of esters is 1. The second-order valence-electron chi connectivity index (χ2n) is 5.87. The van der Waals surface area contributed by atoms with E-state index in [2.05, 4.69) is 0 Å². The highest BCUT2D eigenvalue weighted by Gasteiger charge is 2.59. The predicted molar refractivity (Wildman–Crippen MR) is 79.3 cm³/mol. The van der Waals surface area contributed by atoms with Crippen molar-refractivity contribution in [1.82, 2.24) is 0 Å². The molecule has 0 saturated carbocycles. The van der Waals surface area contributed by atoms with E-state index in [-0.39, 0.29) is 12.1 Å². The van der Waals surface area contributed by atoms with E-state index in [1.54, 1.807) is 6.07 Å². The molecular weight excluding hydrogens is 304 g/mol. The minimum atomic E-state index is -1.73. The summed E-state index contributed by atoms with van der Waals surface area (Å²) in [5, 5.41) is 20.8. The lowest BCUT2D eigenvalue weighted by Crippen LogP contribution is -2.58. The van der Waals surface area contributed by atoms with Crippen LogP contribution >= 0.6 is 0 Å². The van der Waals surface area contributed by atoms with Crippen LogP contribution in [0.2, 0.25) is 0 Å². The zero-order valence-electron chi connectivity index (χ0n) is 12.5. The van der Waals surface area contributed by atoms with Gasteiger partial charge in [0.15, 0.2) is 5.41 Å². The molecule has 0 unspecified atom stereocenters. The highest BCUT2D eigenvalue weighted by molar-refractivity contribution is 6.02. The van der Waals surface area contributed by atoms with Gasteiger partial charge in [0, 0.05) is 30.8 Å². The SMILES string of the molecule is COC(=O)[C@@]1(C(=O)O)Cc2cc([N+](=O)[O-])ccc2N2CCC[C@H]21. The van der Waals surface area contributed by atoms with Crippen LogP contribution in [0.4, 0.5) is 11.4 Å². The first-order valence-electron chi connectivity index (χ1n) is 7.27. The van der Waals surface area contributed by atoms with E-state index in [4.69, 9.17) is 4.74 Å². The third-order valence-corrected chi connectivity index (χ3v) is 4.81. The minimum Gasteiger partial charge on any atom is -0.480 e. The number of methoxy groups -OCH3 is 1. The molecule has 0 amide bonds. The number of benzene rings is 1. The lowest BCUT2D eigenvalue weighted by Gasteiger charge is -2.43. The predicted octanol–water partition coefficient (Wildman–Crippen LogP) is 1.36. The van der Waals surface area contributed by atoms with Gasteiger partial charge in [-0.25, -0.2) is 0 Å². The molecule has 23 heavy (non-hydrogen) atoms. The number of ether oxygens (including phenoxy) is 1. The molecule has 2 aliphatic heterocycles. The summed E-state index contributed by atoms with van der Waals surface area (Å²) in [5.41, 5.74) is -0.595. The number of hydrogen-bond acceptors (Lipinski definition) is 6. The van der Waals surface area contributed by atoms with Gasteiger partial charge < -0.3 is 14.7 Å². The van der Waals surface area contributed by atoms with Gasteiger partial charge in [-0.05, 0) is 24.5 Å². The molecule has 122 valence electrons. The van der Waals surface area contributed by atoms with E-state index in [1.807, 2.05) is 4.90 Å². The van der Waals surface area contributed by atoms with Crippen LogP contribution < -0.4 is 4.90 Å². The van der Waals surface area contributed by atoms with Crippen molar-refractivity contribution in [1.29, 1.82) is 0 Å². The van der Waals surface area contributed by atoms with Gasteiger partial charge in [-0.1, -0.05) is 0 Å². The molecule has 8 heteroatoms. The first kappa shape index (κ1) is 15.3. The van der Waals surface area contributed by atoms with Gasteiger partial charge >= 0.3 is 11.9 Å². The molecule has 3 rings (SSSR count). The monoisotopic (exact) mass is 320 g/mol. The number of nitro benzene ring substituents is 1. The highest BCUT2D eigenvalue weighted by atomic mass is 16.6. The Hall–Kier alpha value is -2.64. The molecule has 0 spiro atoms. The Bertz CT molecular complexity index is 703. The number of rotatable bonds is 3. The summed E-state index contributed by atoms with van der Waals surface area (Å²) < 4.78 is 4.77. The molecule has 2 aliphatic rings. The van der Waals surface area contributed by atoms with Crippen LogP contribution in [0, 0.1) is 15.5 Å². The van der Waals surface area contributed by atoms with Crippen LogP contribution in [0.15, 0.2) is 18.2 Å². The molecule has 0 aromatic heterocycles. The van der Waals surface area contributed by atoms with Crippen molar-refractivity contribution in [3.8, 4) is 0 Å². The Balaban J connectivity index is 2.18. The van der Waals surface area contributed by atoms with Gasteiger partial charge in [0.25, 0.3) is 5.69 Å². The fraction of sp³-hybridized carbons (Fsp3) is 0.467. The van der Waals surface area contributed by atoms with Crippen LogP contribution in [0.3, 0.4) is 0 Å². The quantitative estimate of drug-likeness (QED) is 0.387. The molecule has 0 bridgehead atoms. The first-order valence-corrected chi connectivity index (χ1v) is 7.27. The van der Waals surface area contributed by atoms with E-state index in [0.29, 0.717) is 18.5 Å². The number of nitrogens with zero attached hydrogens (tertiary/aromatic N) is 2. The van der Waals surface area contributed by atoms with Crippen molar-refractivity contribution in [2.45, 2.75) is 25.3 Å². The average Bonchev–Trinajstić information content (AvgIpc) is 3.02. The van der Waals surface area contributed by atoms with Gasteiger partial charge in [0.2, 0.25) is 0 Å². The maximum atomic E-state index is 12.3. The number of fused-ring (bicyclic) bond motifs is 3. The van der Waals surface area contributed by atoms with Crippen molar-refractivity contribution in [3.63, 3.8) is 0 Å². The standard InChI is InChI=1S/C15H16N2O6/c1-23-14(20)15(13(18)19)8-9-7-10(17(21)22)4-5-11(9)16-6-2-3-12(15)16/h4-5,7,12H,2-3,6,8H2,1H3,(H,18,19)/t12-,15-/m0/s1. The van der Waals surface area contributed by atoms with Crippen LogP contribution in [0.25, 0.3) is 0 Å². The Kier molecular flexibility index (Phi) is 3.46. The van der Waals surface area contributed by atoms with E-state index >= 15 is 0 Å². The van der Waals surface area contributed by atoms with Gasteiger partial charge in [0.1, 0.15) is 0 Å². The fourth-order valence-corrected chi connectivity index (χ4v) is 3.79. The molecule has 0 radical (unpaired) electrons. The summed E-state index contributed by atoms with van der Waals surface area (Å²) in [7, 11) is 1.16. The number of nitro groups is 1. The minimum absolute atomic E-state index is 0.104. The van der Waals surface area contributed by atoms with Crippen LogP contribution in [0.5, 0.6) is 0 Å². The number of hydrogen-bond donors (Lipinski definition) is 1. The van der Waals surface area contributed by atoms with Crippen molar-refractivity contribution < 1.29 is 24.4 Å². The highest BCUT2D eigenvalue weighted by Crippen LogP contribution is 2.47. The number of carbonyl (C=O) groups is 2. The number of aliphatic carboxylic acids is 1. The van der Waals surface area contributed by atoms with E-state index < -0.39 is 28.3 Å². The third kappa shape index (κ3) is 2.05. The van der Waals surface area contributed by atoms with Gasteiger partial charge in [-0.3, -0.25) is 19.7 Å². The zero-order valence-corrected chi connectivity index (χ0v) is 12.5. The summed E-state index contributed by atoms with van der Waals surface area (Å²) in [6, 6.07) is 3.89. The Morgan fingerprint density at radius 1 is 1.48 bits per heavy atom. The molecule has 1 N–H and O–H groups in total. The van der Waals surface area contributed by atoms with Crippen molar-refractivity contribution in [2.24, 2.45) is 5.41 Å². The van der Waals surface area contributed by atoms with Crippen LogP contribution in [-0.2, 0) is 20.7 Å². The summed E-state index contributed by atoms with van der Waals surface area (Å²) in [6.45, 7) is 0.613. The number of carboxylic acid groups (broad SMARTS) is 1. The Morgan fingerprint density at radius 2 is 2.22 bits per heavy atom. The average molecular weight is 320 g/mol. The molecule has 2 atom stereocenters. The molecule has 1 aromatic carbocycles. The molecule has 2 heterocycles. The summed E-state index contributed by atoms with van der Waals surface area (Å²) in [4.78, 5) is 36.6. The maximum Gasteiger partial charge on any atom is 0.325 e. The fourth-order valence-electron chi connectivity index (χ4n) is 3.79. The smallest absolute Gasteiger partial charge is 0.325 e. The van der Waals surface area contributed by atoms with E-state index in [1.165, 1.54) is 12.1 Å². The second-order valence-corrected chi connectivity index (χ2v) is 5.87. The topological polar surface area (TPSA) is 110 Å². The Labute approximate surface area is 131 Å². The summed E-state index contributed by atoms with van der Waals surface area (Å²) in [6.07, 6.45) is 1.22. The van der Waals surface area contributed by atoms with Crippen LogP contribution in [0.1, 0.15) is 18.4 Å². The summed E-state index contributed by atoms with van der Waals surface area (Å²) >= 11 is 0. The summed E-state index contributed by atoms with van der Waals surface area (Å²) in [5.74, 6) is -2.06. The normalized spacial score (nSPS) is 25.4. The second kappa shape index (κ2) is 5.22. The lowest BCUT2D eigenvalue weighted by molar-refractivity contribution is -0.384. The number of non-ortho nitro benzene ring substituents is 1. The largest absolute Gasteiger partial charge is 0.480 e. The van der Waals surface area contributed by atoms with Gasteiger partial charge in [-0.15, -0.1) is 0 Å². The molecular formula is C15H16N2O6. The number of carbonyl (C=O) groups excluding carboxylic acids is 1. The van der Waals surface area contributed by atoms with Crippen molar-refractivity contribution in [2.75, 3.05) is 18.6 Å². The lowest BCUT2D eigenvalue weighted by atomic mass is 9.71. The Morgan fingerprint density at radius 3 is 2.83 bits per heavy atom. The first-order chi connectivity index (χ1) is 10.9. The number of carboxylic acids is 1. The molecule has 1 saturated heterocycles. The number of anilines is 1. The van der Waals surface area contributed by atoms with E-state index in [9.17, 15) is 24.8 Å². The van der Waals surface area contributed by atoms with Crippen LogP contribution in [-0.4, -0.2) is 41.7 Å². The van der Waals surface area contributed by atoms with Gasteiger partial charge in [-0.2, -0.15) is 0 Å². The zero-order chi connectivity index (χ0) is 16.8. The molecule has 8 nitrogen and oxygen atoms in total. The van der Waals surface area contributed by atoms with Gasteiger partial charge in [0.05, 0.1) is 18.1 Å².